The van der Waals surface area contributed by atoms with E-state index in [1.807, 2.05) is 0 Å². The number of piperidine rings is 1. The van der Waals surface area contributed by atoms with E-state index in [0.717, 1.165) is 25.9 Å². The van der Waals surface area contributed by atoms with E-state index < -0.39 is 0 Å². The van der Waals surface area contributed by atoms with Crippen LogP contribution in [0.5, 0.6) is 5.75 Å². The van der Waals surface area contributed by atoms with Crippen LogP contribution in [-0.2, 0) is 0 Å². The van der Waals surface area contributed by atoms with Crippen molar-refractivity contribution in [1.29, 1.82) is 0 Å². The number of benzene rings is 1. The summed E-state index contributed by atoms with van der Waals surface area (Å²) in [4.78, 5) is 11.9. The highest BCUT2D eigenvalue weighted by Crippen LogP contribution is 2.21. The van der Waals surface area contributed by atoms with Gasteiger partial charge in [0.15, 0.2) is 0 Å². The molecule has 4 nitrogen and oxygen atoms in total. The zero-order chi connectivity index (χ0) is 12.3. The summed E-state index contributed by atoms with van der Waals surface area (Å²) in [6.07, 6.45) is 2.02. The van der Waals surface area contributed by atoms with Crippen LogP contribution in [0.2, 0.25) is 5.02 Å². The highest BCUT2D eigenvalue weighted by Gasteiger charge is 2.18. The molecular formula is C12H15ClN2O2. The lowest BCUT2D eigenvalue weighted by Gasteiger charge is -2.23. The van der Waals surface area contributed by atoms with Crippen molar-refractivity contribution >= 4 is 17.5 Å². The molecule has 5 heteroatoms. The Balaban J connectivity index is 2.03. The summed E-state index contributed by atoms with van der Waals surface area (Å²) in [5.41, 5.74) is 0.264. The number of amides is 1. The molecule has 1 heterocycles. The van der Waals surface area contributed by atoms with Crippen LogP contribution in [0.1, 0.15) is 23.2 Å². The van der Waals surface area contributed by atoms with Crippen molar-refractivity contribution in [2.45, 2.75) is 18.9 Å². The number of rotatable bonds is 2. The molecule has 2 rings (SSSR count). The van der Waals surface area contributed by atoms with E-state index in [-0.39, 0.29) is 23.3 Å². The van der Waals surface area contributed by atoms with Gasteiger partial charge in [-0.1, -0.05) is 11.6 Å². The van der Waals surface area contributed by atoms with E-state index in [1.54, 1.807) is 6.07 Å². The molecule has 92 valence electrons. The number of phenols is 1. The number of hydrogen-bond acceptors (Lipinski definition) is 3. The minimum Gasteiger partial charge on any atom is -0.507 e. The van der Waals surface area contributed by atoms with E-state index in [1.165, 1.54) is 12.1 Å². The Morgan fingerprint density at radius 2 is 2.35 bits per heavy atom. The molecule has 0 radical (unpaired) electrons. The van der Waals surface area contributed by atoms with Gasteiger partial charge in [0.05, 0.1) is 5.56 Å². The Morgan fingerprint density at radius 3 is 3.00 bits per heavy atom. The predicted molar refractivity (Wildman–Crippen MR) is 66.5 cm³/mol. The van der Waals surface area contributed by atoms with Crippen molar-refractivity contribution < 1.29 is 9.90 Å². The van der Waals surface area contributed by atoms with E-state index in [2.05, 4.69) is 10.6 Å². The van der Waals surface area contributed by atoms with Gasteiger partial charge in [-0.25, -0.2) is 0 Å². The van der Waals surface area contributed by atoms with Gasteiger partial charge in [0.2, 0.25) is 0 Å². The smallest absolute Gasteiger partial charge is 0.255 e. The van der Waals surface area contributed by atoms with Gasteiger partial charge in [0.25, 0.3) is 5.91 Å². The molecule has 17 heavy (non-hydrogen) atoms. The van der Waals surface area contributed by atoms with Gasteiger partial charge in [-0.3, -0.25) is 4.79 Å². The molecule has 1 aromatic carbocycles. The molecule has 0 aliphatic carbocycles. The number of phenolic OH excluding ortho intramolecular Hbond substituents is 1. The van der Waals surface area contributed by atoms with Gasteiger partial charge in [0.1, 0.15) is 5.75 Å². The highest BCUT2D eigenvalue weighted by atomic mass is 35.5. The number of carbonyl (C=O) groups excluding carboxylic acids is 1. The first-order chi connectivity index (χ1) is 8.16. The topological polar surface area (TPSA) is 61.4 Å². The molecule has 0 spiro atoms. The Hall–Kier alpha value is -1.26. The van der Waals surface area contributed by atoms with E-state index in [4.69, 9.17) is 11.6 Å². The molecule has 1 atom stereocenters. The lowest BCUT2D eigenvalue weighted by atomic mass is 10.1. The molecule has 1 amide bonds. The second kappa shape index (κ2) is 5.38. The third kappa shape index (κ3) is 3.11. The van der Waals surface area contributed by atoms with Gasteiger partial charge in [-0.15, -0.1) is 0 Å². The molecule has 0 unspecified atom stereocenters. The van der Waals surface area contributed by atoms with E-state index in [9.17, 15) is 9.90 Å². The Kier molecular flexibility index (Phi) is 3.86. The van der Waals surface area contributed by atoms with E-state index in [0.29, 0.717) is 5.02 Å². The molecule has 0 saturated carbocycles. The zero-order valence-corrected chi connectivity index (χ0v) is 10.1. The molecule has 3 N–H and O–H groups in total. The first-order valence-electron chi connectivity index (χ1n) is 5.67. The first kappa shape index (κ1) is 12.2. The minimum absolute atomic E-state index is 0.0845. The highest BCUT2D eigenvalue weighted by molar-refractivity contribution is 6.30. The summed E-state index contributed by atoms with van der Waals surface area (Å²) >= 11 is 5.71. The lowest BCUT2D eigenvalue weighted by molar-refractivity contribution is 0.0928. The molecule has 1 aliphatic rings. The van der Waals surface area contributed by atoms with E-state index >= 15 is 0 Å². The van der Waals surface area contributed by atoms with Gasteiger partial charge >= 0.3 is 0 Å². The summed E-state index contributed by atoms with van der Waals surface area (Å²) in [7, 11) is 0. The summed E-state index contributed by atoms with van der Waals surface area (Å²) in [5, 5.41) is 16.2. The van der Waals surface area contributed by atoms with Crippen molar-refractivity contribution in [1.82, 2.24) is 10.6 Å². The largest absolute Gasteiger partial charge is 0.507 e. The molecule has 1 fully saturated rings. The Bertz CT molecular complexity index is 417. The van der Waals surface area contributed by atoms with Crippen molar-refractivity contribution in [3.8, 4) is 5.75 Å². The van der Waals surface area contributed by atoms with Gasteiger partial charge in [0, 0.05) is 17.6 Å². The molecular weight excluding hydrogens is 240 g/mol. The van der Waals surface area contributed by atoms with Crippen LogP contribution in [0.4, 0.5) is 0 Å². The fourth-order valence-corrected chi connectivity index (χ4v) is 2.10. The lowest BCUT2D eigenvalue weighted by Crippen LogP contribution is -2.45. The average molecular weight is 255 g/mol. The summed E-state index contributed by atoms with van der Waals surface area (Å²) in [6.45, 7) is 1.78. The molecule has 1 aromatic rings. The number of nitrogens with one attached hydrogen (secondary N) is 2. The number of halogens is 1. The second-order valence-corrected chi connectivity index (χ2v) is 4.61. The zero-order valence-electron chi connectivity index (χ0n) is 9.37. The van der Waals surface area contributed by atoms with Crippen molar-refractivity contribution in [2.75, 3.05) is 13.1 Å². The molecule has 0 bridgehead atoms. The third-order valence-electron chi connectivity index (χ3n) is 2.84. The summed E-state index contributed by atoms with van der Waals surface area (Å²) in [5.74, 6) is -0.341. The van der Waals surface area contributed by atoms with Crippen molar-refractivity contribution in [3.63, 3.8) is 0 Å². The number of hydrogen-bond donors (Lipinski definition) is 3. The van der Waals surface area contributed by atoms with Gasteiger partial charge < -0.3 is 15.7 Å². The number of aromatic hydroxyl groups is 1. The summed E-state index contributed by atoms with van der Waals surface area (Å²) in [6, 6.07) is 4.63. The van der Waals surface area contributed by atoms with Gasteiger partial charge in [-0.05, 0) is 37.6 Å². The van der Waals surface area contributed by atoms with Crippen LogP contribution >= 0.6 is 11.6 Å². The van der Waals surface area contributed by atoms with Crippen LogP contribution in [0.25, 0.3) is 0 Å². The summed E-state index contributed by atoms with van der Waals surface area (Å²) < 4.78 is 0. The van der Waals surface area contributed by atoms with Crippen molar-refractivity contribution in [2.24, 2.45) is 0 Å². The SMILES string of the molecule is O=C(N[C@H]1CCCNC1)c1ccc(Cl)cc1O. The second-order valence-electron chi connectivity index (χ2n) is 4.18. The van der Waals surface area contributed by atoms with Crippen LogP contribution in [0, 0.1) is 0 Å². The predicted octanol–water partition coefficient (Wildman–Crippen LogP) is 1.53. The standard InChI is InChI=1S/C12H15ClN2O2/c13-8-3-4-10(11(16)6-8)12(17)15-9-2-1-5-14-7-9/h3-4,6,9,14,16H,1-2,5,7H2,(H,15,17)/t9-/m0/s1. The fourth-order valence-electron chi connectivity index (χ4n) is 1.93. The average Bonchev–Trinajstić information content (AvgIpc) is 2.30. The fraction of sp³-hybridized carbons (Fsp3) is 0.417. The van der Waals surface area contributed by atoms with Crippen LogP contribution in [0.3, 0.4) is 0 Å². The quantitative estimate of drug-likeness (QED) is 0.750. The maximum Gasteiger partial charge on any atom is 0.255 e. The minimum atomic E-state index is -0.257. The molecule has 1 saturated heterocycles. The van der Waals surface area contributed by atoms with Crippen LogP contribution in [0.15, 0.2) is 18.2 Å². The maximum atomic E-state index is 11.9. The Labute approximate surface area is 105 Å². The maximum absolute atomic E-state index is 11.9. The third-order valence-corrected chi connectivity index (χ3v) is 3.07. The Morgan fingerprint density at radius 1 is 1.53 bits per heavy atom. The van der Waals surface area contributed by atoms with Gasteiger partial charge in [-0.2, -0.15) is 0 Å². The normalized spacial score (nSPS) is 19.9. The van der Waals surface area contributed by atoms with Crippen LogP contribution in [-0.4, -0.2) is 30.1 Å². The number of carbonyl (C=O) groups is 1. The first-order valence-corrected chi connectivity index (χ1v) is 6.04. The van der Waals surface area contributed by atoms with Crippen LogP contribution < -0.4 is 10.6 Å². The van der Waals surface area contributed by atoms with Crippen molar-refractivity contribution in [3.05, 3.63) is 28.8 Å². The molecule has 1 aliphatic heterocycles. The molecule has 0 aromatic heterocycles. The monoisotopic (exact) mass is 254 g/mol.